The third-order valence-electron chi connectivity index (χ3n) is 4.67. The number of quaternary nitrogens is 1. The number of nitrogens with one attached hydrogen (secondary N) is 1. The van der Waals surface area contributed by atoms with Gasteiger partial charge in [0.15, 0.2) is 12.5 Å². The standard InChI is InChI=1S/C17H23N5O2S/c1-3-24-16(23)14-6-10-21(11-7-14)12-22-17(25)20(2)15(19-22)13-4-8-18-9-5-13/h4-5,8-9,14H,3,6-7,10-12H2,1-2H3/p+1. The lowest BCUT2D eigenvalue weighted by molar-refractivity contribution is -0.929. The smallest absolute Gasteiger partial charge is 0.309 e. The maximum Gasteiger partial charge on any atom is 0.309 e. The van der Waals surface area contributed by atoms with E-state index in [2.05, 4.69) is 4.98 Å². The molecular formula is C17H24N5O2S+. The highest BCUT2D eigenvalue weighted by Crippen LogP contribution is 2.16. The zero-order chi connectivity index (χ0) is 17.8. The van der Waals surface area contributed by atoms with Crippen molar-refractivity contribution in [2.24, 2.45) is 13.0 Å². The maximum absolute atomic E-state index is 11.8. The quantitative estimate of drug-likeness (QED) is 0.630. The number of esters is 1. The molecule has 0 radical (unpaired) electrons. The summed E-state index contributed by atoms with van der Waals surface area (Å²) >= 11 is 5.54. The van der Waals surface area contributed by atoms with E-state index in [0.717, 1.165) is 37.3 Å². The van der Waals surface area contributed by atoms with Gasteiger partial charge < -0.3 is 14.2 Å². The molecule has 3 rings (SSSR count). The second kappa shape index (κ2) is 7.88. The van der Waals surface area contributed by atoms with Crippen LogP contribution in [-0.2, 0) is 23.2 Å². The highest BCUT2D eigenvalue weighted by atomic mass is 32.1. The van der Waals surface area contributed by atoms with Gasteiger partial charge in [-0.15, -0.1) is 5.10 Å². The van der Waals surface area contributed by atoms with E-state index in [0.29, 0.717) is 18.0 Å². The monoisotopic (exact) mass is 362 g/mol. The lowest BCUT2D eigenvalue weighted by atomic mass is 9.97. The fraction of sp³-hybridized carbons (Fsp3) is 0.529. The van der Waals surface area contributed by atoms with E-state index < -0.39 is 0 Å². The molecule has 3 heterocycles. The lowest BCUT2D eigenvalue weighted by Crippen LogP contribution is -3.12. The van der Waals surface area contributed by atoms with Crippen molar-refractivity contribution >= 4 is 18.2 Å². The first-order valence-corrected chi connectivity index (χ1v) is 9.05. The molecule has 7 nitrogen and oxygen atoms in total. The van der Waals surface area contributed by atoms with Gasteiger partial charge in [0.2, 0.25) is 4.77 Å². The van der Waals surface area contributed by atoms with E-state index in [-0.39, 0.29) is 11.9 Å². The normalized spacial score (nSPS) is 20.4. The van der Waals surface area contributed by atoms with E-state index in [1.165, 1.54) is 4.90 Å². The number of carbonyl (C=O) groups excluding carboxylic acids is 1. The van der Waals surface area contributed by atoms with Gasteiger partial charge in [-0.25, -0.2) is 0 Å². The van der Waals surface area contributed by atoms with Gasteiger partial charge in [0.05, 0.1) is 25.6 Å². The predicted molar refractivity (Wildman–Crippen MR) is 95.3 cm³/mol. The number of pyridine rings is 1. The molecule has 0 bridgehead atoms. The molecule has 0 aromatic carbocycles. The van der Waals surface area contributed by atoms with Crippen molar-refractivity contribution in [2.75, 3.05) is 19.7 Å². The summed E-state index contributed by atoms with van der Waals surface area (Å²) < 4.78 is 9.64. The van der Waals surface area contributed by atoms with Gasteiger partial charge in [-0.2, -0.15) is 4.68 Å². The molecule has 134 valence electrons. The Labute approximate surface area is 152 Å². The van der Waals surface area contributed by atoms with Gasteiger partial charge in [-0.3, -0.25) is 9.78 Å². The summed E-state index contributed by atoms with van der Waals surface area (Å²) in [5.74, 6) is 0.817. The largest absolute Gasteiger partial charge is 0.466 e. The number of nitrogens with zero attached hydrogens (tertiary/aromatic N) is 4. The van der Waals surface area contributed by atoms with Crippen LogP contribution < -0.4 is 4.90 Å². The average molecular weight is 362 g/mol. The molecular weight excluding hydrogens is 338 g/mol. The number of aromatic nitrogens is 4. The van der Waals surface area contributed by atoms with Crippen LogP contribution in [0.4, 0.5) is 0 Å². The average Bonchev–Trinajstić information content (AvgIpc) is 2.92. The number of rotatable bonds is 5. The number of hydrogen-bond donors (Lipinski definition) is 1. The predicted octanol–water partition coefficient (Wildman–Crippen LogP) is 0.829. The molecule has 1 aliphatic heterocycles. The second-order valence-electron chi connectivity index (χ2n) is 6.34. The Kier molecular flexibility index (Phi) is 5.60. The first-order chi connectivity index (χ1) is 12.1. The van der Waals surface area contributed by atoms with Crippen LogP contribution in [0.2, 0.25) is 0 Å². The van der Waals surface area contributed by atoms with Crippen molar-refractivity contribution in [1.82, 2.24) is 19.3 Å². The van der Waals surface area contributed by atoms with Gasteiger partial charge in [-0.1, -0.05) is 0 Å². The summed E-state index contributed by atoms with van der Waals surface area (Å²) in [4.78, 5) is 17.3. The summed E-state index contributed by atoms with van der Waals surface area (Å²) in [6.45, 7) is 4.86. The topological polar surface area (TPSA) is 66.4 Å². The van der Waals surface area contributed by atoms with Crippen molar-refractivity contribution in [2.45, 2.75) is 26.4 Å². The van der Waals surface area contributed by atoms with E-state index in [1.54, 1.807) is 12.4 Å². The highest BCUT2D eigenvalue weighted by Gasteiger charge is 2.28. The Morgan fingerprint density at radius 1 is 1.36 bits per heavy atom. The van der Waals surface area contributed by atoms with Gasteiger partial charge in [-0.05, 0) is 31.3 Å². The third-order valence-corrected chi connectivity index (χ3v) is 5.15. The van der Waals surface area contributed by atoms with Gasteiger partial charge in [0.1, 0.15) is 0 Å². The summed E-state index contributed by atoms with van der Waals surface area (Å²) in [5, 5.41) is 4.69. The third kappa shape index (κ3) is 3.96. The fourth-order valence-corrected chi connectivity index (χ4v) is 3.43. The summed E-state index contributed by atoms with van der Waals surface area (Å²) in [7, 11) is 1.93. The summed E-state index contributed by atoms with van der Waals surface area (Å²) in [5.41, 5.74) is 0.998. The molecule has 1 saturated heterocycles. The van der Waals surface area contributed by atoms with Gasteiger partial charge in [0, 0.05) is 37.8 Å². The number of hydrogen-bond acceptors (Lipinski definition) is 5. The molecule has 1 aliphatic rings. The van der Waals surface area contributed by atoms with Crippen LogP contribution in [0, 0.1) is 10.7 Å². The molecule has 8 heteroatoms. The van der Waals surface area contributed by atoms with Crippen LogP contribution in [0.25, 0.3) is 11.4 Å². The van der Waals surface area contributed by atoms with Crippen molar-refractivity contribution in [3.63, 3.8) is 0 Å². The molecule has 0 unspecified atom stereocenters. The number of carbonyl (C=O) groups is 1. The number of piperidine rings is 1. The SMILES string of the molecule is CCOC(=O)C1CC[NH+](Cn2nc(-c3ccncc3)n(C)c2=S)CC1. The Morgan fingerprint density at radius 3 is 2.68 bits per heavy atom. The lowest BCUT2D eigenvalue weighted by Gasteiger charge is -2.27. The molecule has 25 heavy (non-hydrogen) atoms. The first-order valence-electron chi connectivity index (χ1n) is 8.64. The van der Waals surface area contributed by atoms with E-state index in [1.807, 2.05) is 35.4 Å². The summed E-state index contributed by atoms with van der Waals surface area (Å²) in [6.07, 6.45) is 5.21. The minimum Gasteiger partial charge on any atom is -0.466 e. The Hall–Kier alpha value is -2.06. The molecule has 0 saturated carbocycles. The van der Waals surface area contributed by atoms with Crippen LogP contribution in [0.5, 0.6) is 0 Å². The molecule has 1 N–H and O–H groups in total. The minimum atomic E-state index is -0.0593. The first kappa shape index (κ1) is 17.8. The van der Waals surface area contributed by atoms with E-state index in [4.69, 9.17) is 22.1 Å². The van der Waals surface area contributed by atoms with Gasteiger partial charge in [0.25, 0.3) is 0 Å². The van der Waals surface area contributed by atoms with Crippen LogP contribution in [0.15, 0.2) is 24.5 Å². The van der Waals surface area contributed by atoms with Crippen LogP contribution in [0.3, 0.4) is 0 Å². The molecule has 1 fully saturated rings. The van der Waals surface area contributed by atoms with E-state index in [9.17, 15) is 4.79 Å². The zero-order valence-corrected chi connectivity index (χ0v) is 15.5. The highest BCUT2D eigenvalue weighted by molar-refractivity contribution is 7.71. The molecule has 2 aromatic rings. The Morgan fingerprint density at radius 2 is 2.04 bits per heavy atom. The molecule has 0 aliphatic carbocycles. The van der Waals surface area contributed by atoms with E-state index >= 15 is 0 Å². The van der Waals surface area contributed by atoms with Gasteiger partial charge >= 0.3 is 5.97 Å². The van der Waals surface area contributed by atoms with Crippen molar-refractivity contribution in [3.8, 4) is 11.4 Å². The number of ether oxygens (including phenoxy) is 1. The molecule has 0 amide bonds. The molecule has 2 aromatic heterocycles. The van der Waals surface area contributed by atoms with Crippen molar-refractivity contribution < 1.29 is 14.4 Å². The second-order valence-corrected chi connectivity index (χ2v) is 6.70. The van der Waals surface area contributed by atoms with Crippen LogP contribution in [0.1, 0.15) is 19.8 Å². The van der Waals surface area contributed by atoms with Crippen LogP contribution in [-0.4, -0.2) is 45.0 Å². The molecule has 0 atom stereocenters. The fourth-order valence-electron chi connectivity index (χ4n) is 3.24. The van der Waals surface area contributed by atoms with Crippen molar-refractivity contribution in [3.05, 3.63) is 29.3 Å². The zero-order valence-electron chi connectivity index (χ0n) is 14.6. The van der Waals surface area contributed by atoms with Crippen LogP contribution >= 0.6 is 12.2 Å². The maximum atomic E-state index is 11.8. The van der Waals surface area contributed by atoms with Crippen molar-refractivity contribution in [1.29, 1.82) is 0 Å². The Bertz CT molecular complexity index is 778. The Balaban J connectivity index is 1.67. The minimum absolute atomic E-state index is 0.0350. The summed E-state index contributed by atoms with van der Waals surface area (Å²) in [6, 6.07) is 3.86. The molecule has 0 spiro atoms. The number of likely N-dealkylation sites (tertiary alicyclic amines) is 1.